The van der Waals surface area contributed by atoms with Crippen LogP contribution >= 0.6 is 0 Å². The van der Waals surface area contributed by atoms with E-state index in [4.69, 9.17) is 0 Å². The molecule has 0 bridgehead atoms. The monoisotopic (exact) mass is 564 g/mol. The molecule has 6 nitrogen and oxygen atoms in total. The molecule has 0 aliphatic carbocycles. The van der Waals surface area contributed by atoms with Gasteiger partial charge in [0.2, 0.25) is 0 Å². The maximum Gasteiger partial charge on any atom is 0.387 e. The number of benzene rings is 2. The minimum atomic E-state index is -3.86. The molecule has 39 heavy (non-hydrogen) atoms. The predicted molar refractivity (Wildman–Crippen MR) is 131 cm³/mol. The zero-order chi connectivity index (χ0) is 28.0. The summed E-state index contributed by atoms with van der Waals surface area (Å²) in [6.07, 6.45) is 4.80. The van der Waals surface area contributed by atoms with Crippen molar-refractivity contribution in [1.29, 1.82) is 0 Å². The van der Waals surface area contributed by atoms with E-state index >= 15 is 0 Å². The van der Waals surface area contributed by atoms with E-state index in [-0.39, 0.29) is 10.8 Å². The first-order chi connectivity index (χ1) is 18.6. The molecule has 0 spiro atoms. The van der Waals surface area contributed by atoms with E-state index in [1.54, 1.807) is 24.5 Å². The summed E-state index contributed by atoms with van der Waals surface area (Å²) in [5, 5.41) is -0.208. The quantitative estimate of drug-likeness (QED) is 0.203. The second-order valence-electron chi connectivity index (χ2n) is 8.39. The number of hydrogen-bond acceptors (Lipinski definition) is 6. The number of sulfone groups is 1. The molecule has 4 rings (SSSR count). The molecule has 0 N–H and O–H groups in total. The van der Waals surface area contributed by atoms with Crippen molar-refractivity contribution in [3.05, 3.63) is 113 Å². The summed E-state index contributed by atoms with van der Waals surface area (Å²) in [6, 6.07) is 15.1. The van der Waals surface area contributed by atoms with Crippen LogP contribution in [0.4, 0.5) is 22.0 Å². The third kappa shape index (κ3) is 7.50. The van der Waals surface area contributed by atoms with Crippen molar-refractivity contribution in [1.82, 2.24) is 9.97 Å². The Bertz CT molecular complexity index is 1490. The van der Waals surface area contributed by atoms with E-state index in [2.05, 4.69) is 19.4 Å². The Balaban J connectivity index is 1.69. The Morgan fingerprint density at radius 3 is 2.00 bits per heavy atom. The number of pyridine rings is 2. The molecule has 0 aliphatic heterocycles. The zero-order valence-electron chi connectivity index (χ0n) is 20.1. The van der Waals surface area contributed by atoms with Crippen molar-refractivity contribution in [3.8, 4) is 11.5 Å². The fraction of sp³-hybridized carbons (Fsp3) is 0.185. The molecule has 0 radical (unpaired) electrons. The third-order valence-electron chi connectivity index (χ3n) is 5.74. The standard InChI is InChI=1S/C27H21F5N2O4S/c28-21-5-1-18(2-6-21)16-39(35,36)25-8-4-20(15-34-25)22(13-17-9-11-33-12-10-17)19-3-7-23(37-26(29)30)24(14-19)38-27(31)32/h1-12,14-15,22,26-27H,13,16H2. The first-order valence-electron chi connectivity index (χ1n) is 11.5. The van der Waals surface area contributed by atoms with Gasteiger partial charge < -0.3 is 9.47 Å². The average Bonchev–Trinajstić information content (AvgIpc) is 2.90. The molecule has 0 amide bonds. The fourth-order valence-corrected chi connectivity index (χ4v) is 5.23. The van der Waals surface area contributed by atoms with Gasteiger partial charge >= 0.3 is 13.2 Å². The van der Waals surface area contributed by atoms with Crippen LogP contribution in [-0.2, 0) is 22.0 Å². The number of ether oxygens (including phenoxy) is 2. The van der Waals surface area contributed by atoms with Crippen molar-refractivity contribution in [2.24, 2.45) is 0 Å². The molecule has 2 aromatic heterocycles. The van der Waals surface area contributed by atoms with Crippen LogP contribution in [0.1, 0.15) is 28.2 Å². The molecule has 1 atom stereocenters. The fourth-order valence-electron chi connectivity index (χ4n) is 3.96. The lowest BCUT2D eigenvalue weighted by Gasteiger charge is -2.20. The van der Waals surface area contributed by atoms with Gasteiger partial charge in [0, 0.05) is 24.5 Å². The number of alkyl halides is 4. The van der Waals surface area contributed by atoms with E-state index < -0.39 is 46.3 Å². The van der Waals surface area contributed by atoms with Crippen LogP contribution in [0.5, 0.6) is 11.5 Å². The summed E-state index contributed by atoms with van der Waals surface area (Å²) in [4.78, 5) is 8.10. The van der Waals surface area contributed by atoms with Gasteiger partial charge in [0.1, 0.15) is 5.82 Å². The lowest BCUT2D eigenvalue weighted by atomic mass is 9.87. The van der Waals surface area contributed by atoms with Gasteiger partial charge in [-0.1, -0.05) is 24.3 Å². The second-order valence-corrected chi connectivity index (χ2v) is 10.3. The highest BCUT2D eigenvalue weighted by molar-refractivity contribution is 7.90. The van der Waals surface area contributed by atoms with Crippen LogP contribution < -0.4 is 9.47 Å². The van der Waals surface area contributed by atoms with E-state index in [1.807, 2.05) is 0 Å². The molecule has 4 aromatic rings. The molecule has 204 valence electrons. The van der Waals surface area contributed by atoms with Gasteiger partial charge in [0.25, 0.3) is 0 Å². The van der Waals surface area contributed by atoms with Gasteiger partial charge in [0.15, 0.2) is 26.4 Å². The van der Waals surface area contributed by atoms with Crippen LogP contribution in [0.25, 0.3) is 0 Å². The molecule has 0 saturated heterocycles. The molecular formula is C27H21F5N2O4S. The van der Waals surface area contributed by atoms with Crippen LogP contribution in [0.2, 0.25) is 0 Å². The maximum absolute atomic E-state index is 13.2. The van der Waals surface area contributed by atoms with Gasteiger partial charge in [-0.15, -0.1) is 0 Å². The van der Waals surface area contributed by atoms with E-state index in [1.165, 1.54) is 42.6 Å². The highest BCUT2D eigenvalue weighted by atomic mass is 32.2. The molecule has 0 aliphatic rings. The topological polar surface area (TPSA) is 78.4 Å². The summed E-state index contributed by atoms with van der Waals surface area (Å²) >= 11 is 0. The Labute approximate surface area is 221 Å². The first-order valence-corrected chi connectivity index (χ1v) is 13.1. The summed E-state index contributed by atoms with van der Waals surface area (Å²) < 4.78 is 99.3. The largest absolute Gasteiger partial charge is 0.431 e. The number of nitrogens with zero attached hydrogens (tertiary/aromatic N) is 2. The van der Waals surface area contributed by atoms with E-state index in [0.717, 1.165) is 23.8 Å². The number of hydrogen-bond donors (Lipinski definition) is 0. The van der Waals surface area contributed by atoms with Crippen LogP contribution in [0, 0.1) is 5.82 Å². The van der Waals surface area contributed by atoms with Gasteiger partial charge in [-0.25, -0.2) is 17.8 Å². The van der Waals surface area contributed by atoms with E-state index in [0.29, 0.717) is 23.1 Å². The number of rotatable bonds is 11. The van der Waals surface area contributed by atoms with E-state index in [9.17, 15) is 30.4 Å². The normalized spacial score (nSPS) is 12.5. The maximum atomic E-state index is 13.2. The Kier molecular flexibility index (Phi) is 8.75. The summed E-state index contributed by atoms with van der Waals surface area (Å²) in [5.41, 5.74) is 2.13. The smallest absolute Gasteiger partial charge is 0.387 e. The highest BCUT2D eigenvalue weighted by Crippen LogP contribution is 2.37. The lowest BCUT2D eigenvalue weighted by Crippen LogP contribution is -2.11. The summed E-state index contributed by atoms with van der Waals surface area (Å²) in [6.45, 7) is -6.54. The first kappa shape index (κ1) is 28.0. The predicted octanol–water partition coefficient (Wildman–Crippen LogP) is 6.17. The highest BCUT2D eigenvalue weighted by Gasteiger charge is 2.23. The molecule has 12 heteroatoms. The molecule has 0 saturated carbocycles. The minimum absolute atomic E-state index is 0.208. The van der Waals surface area contributed by atoms with Crippen LogP contribution in [-0.4, -0.2) is 31.6 Å². The molecule has 2 aromatic carbocycles. The van der Waals surface area contributed by atoms with Gasteiger partial charge in [-0.2, -0.15) is 17.6 Å². The van der Waals surface area contributed by atoms with Crippen molar-refractivity contribution < 1.29 is 39.8 Å². The Morgan fingerprint density at radius 2 is 1.38 bits per heavy atom. The zero-order valence-corrected chi connectivity index (χ0v) is 20.9. The third-order valence-corrected chi connectivity index (χ3v) is 7.33. The molecule has 0 fully saturated rings. The van der Waals surface area contributed by atoms with Gasteiger partial charge in [0.05, 0.1) is 5.75 Å². The van der Waals surface area contributed by atoms with Crippen molar-refractivity contribution in [3.63, 3.8) is 0 Å². The molecule has 1 unspecified atom stereocenters. The van der Waals surface area contributed by atoms with Crippen LogP contribution in [0.15, 0.2) is 90.3 Å². The van der Waals surface area contributed by atoms with Gasteiger partial charge in [-0.3, -0.25) is 4.98 Å². The minimum Gasteiger partial charge on any atom is -0.431 e. The second kappa shape index (κ2) is 12.2. The van der Waals surface area contributed by atoms with Crippen molar-refractivity contribution in [2.75, 3.05) is 0 Å². The molecular weight excluding hydrogens is 543 g/mol. The molecule has 2 heterocycles. The summed E-state index contributed by atoms with van der Waals surface area (Å²) in [7, 11) is -3.86. The Morgan fingerprint density at radius 1 is 0.744 bits per heavy atom. The van der Waals surface area contributed by atoms with Crippen molar-refractivity contribution >= 4 is 9.84 Å². The van der Waals surface area contributed by atoms with Gasteiger partial charge in [-0.05, 0) is 71.1 Å². The Hall–Kier alpha value is -4.06. The number of aromatic nitrogens is 2. The number of halogens is 5. The van der Waals surface area contributed by atoms with Crippen LogP contribution in [0.3, 0.4) is 0 Å². The lowest BCUT2D eigenvalue weighted by molar-refractivity contribution is -0.0692. The summed E-state index contributed by atoms with van der Waals surface area (Å²) in [5.74, 6) is -2.57. The average molecular weight is 565 g/mol. The van der Waals surface area contributed by atoms with Crippen molar-refractivity contribution in [2.45, 2.75) is 36.3 Å². The SMILES string of the molecule is O=S(=O)(Cc1ccc(F)cc1)c1ccc(C(Cc2ccncc2)c2ccc(OC(F)F)c(OC(F)F)c2)cn1.